The molecule has 3 aliphatic rings. The summed E-state index contributed by atoms with van der Waals surface area (Å²) in [5.41, 5.74) is 4.33. The molecule has 0 bridgehead atoms. The molecule has 2 fully saturated rings. The van der Waals surface area contributed by atoms with E-state index in [1.165, 1.54) is 35.9 Å². The number of halogens is 1. The Bertz CT molecular complexity index is 1970. The number of phenols is 2. The van der Waals surface area contributed by atoms with Gasteiger partial charge in [-0.15, -0.1) is 23.1 Å². The van der Waals surface area contributed by atoms with Crippen molar-refractivity contribution in [1.82, 2.24) is 41.1 Å². The number of nitrogens with zero attached hydrogens (tertiary/aromatic N) is 8. The summed E-state index contributed by atoms with van der Waals surface area (Å²) in [6.07, 6.45) is 1.83. The Morgan fingerprint density at radius 3 is 2.60 bits per heavy atom. The number of thioether (sulfide) groups is 1. The van der Waals surface area contributed by atoms with E-state index in [1.807, 2.05) is 0 Å². The van der Waals surface area contributed by atoms with Crippen LogP contribution in [0, 0.1) is 5.82 Å². The summed E-state index contributed by atoms with van der Waals surface area (Å²) < 4.78 is 14.9. The van der Waals surface area contributed by atoms with Crippen molar-refractivity contribution in [3.05, 3.63) is 46.0 Å². The number of aromatic nitrogens is 5. The molecule has 2 atom stereocenters. The van der Waals surface area contributed by atoms with E-state index >= 15 is 0 Å². The van der Waals surface area contributed by atoms with E-state index in [1.54, 1.807) is 0 Å². The molecule has 6 rings (SSSR count). The van der Waals surface area contributed by atoms with Gasteiger partial charge in [0.25, 0.3) is 17.7 Å². The van der Waals surface area contributed by atoms with Gasteiger partial charge in [-0.3, -0.25) is 29.6 Å². The van der Waals surface area contributed by atoms with Crippen LogP contribution in [0.5, 0.6) is 11.5 Å². The number of likely N-dealkylation sites (tertiary alicyclic amines) is 1. The Morgan fingerprint density at radius 2 is 1.96 bits per heavy atom. The van der Waals surface area contributed by atoms with E-state index in [-0.39, 0.29) is 52.8 Å². The van der Waals surface area contributed by atoms with Crippen LogP contribution >= 0.6 is 23.1 Å². The molecule has 2 aromatic heterocycles. The normalized spacial score (nSPS) is 19.6. The molecule has 5 heterocycles. The Kier molecular flexibility index (Phi) is 12.0. The summed E-state index contributed by atoms with van der Waals surface area (Å²) in [7, 11) is 0. The van der Waals surface area contributed by atoms with Gasteiger partial charge < -0.3 is 50.9 Å². The van der Waals surface area contributed by atoms with Gasteiger partial charge in [-0.1, -0.05) is 5.16 Å². The monoisotopic (exact) mass is 781 g/mol. The molecule has 0 saturated carbocycles. The van der Waals surface area contributed by atoms with E-state index < -0.39 is 69.3 Å². The fourth-order valence-corrected chi connectivity index (χ4v) is 8.05. The third-order valence-electron chi connectivity index (χ3n) is 8.92. The number of carbonyl (C=O) groups is 4. The van der Waals surface area contributed by atoms with Crippen LogP contribution in [0.15, 0.2) is 28.2 Å². The zero-order valence-corrected chi connectivity index (χ0v) is 32.4. The van der Waals surface area contributed by atoms with E-state index in [4.69, 9.17) is 10.6 Å². The molecular formula is C30H33FN11NaO8S2. The van der Waals surface area contributed by atoms with Crippen LogP contribution in [0.2, 0.25) is 0 Å². The maximum atomic E-state index is 14.3. The third-order valence-corrected chi connectivity index (χ3v) is 10.9. The molecule has 3 aliphatic heterocycles. The van der Waals surface area contributed by atoms with Crippen molar-refractivity contribution >= 4 is 63.3 Å². The fraction of sp³-hybridized carbons (Fsp3) is 0.433. The Balaban J connectivity index is 0.00000541. The third kappa shape index (κ3) is 8.26. The second-order valence-electron chi connectivity index (χ2n) is 12.9. The molecule has 1 aromatic carbocycles. The number of rotatable bonds is 13. The van der Waals surface area contributed by atoms with Crippen molar-refractivity contribution in [3.63, 3.8) is 0 Å². The van der Waals surface area contributed by atoms with Gasteiger partial charge in [0.15, 0.2) is 27.9 Å². The van der Waals surface area contributed by atoms with Crippen molar-refractivity contribution in [1.29, 1.82) is 0 Å². The SMILES string of the molecule is CC(C)(O/N=C(\C(=O)N[C@@H]1C(=O)N2C(c3nnn[n-]3)=C(C[N+]3(CCNC(=O)c4cc(O)c(O)cc4F)CCCC3)CS[C@H]12)c1csc(N)n1)C(=O)[O-].[Na+]. The van der Waals surface area contributed by atoms with Crippen LogP contribution in [-0.4, -0.2) is 125 Å². The number of aromatic hydroxyl groups is 2. The summed E-state index contributed by atoms with van der Waals surface area (Å²) in [4.78, 5) is 62.2. The number of β-lactam (4-membered cyclic amide) rings is 1. The van der Waals surface area contributed by atoms with Crippen LogP contribution < -0.4 is 56.1 Å². The average molecular weight is 782 g/mol. The van der Waals surface area contributed by atoms with Gasteiger partial charge in [-0.05, 0) is 19.9 Å². The van der Waals surface area contributed by atoms with Gasteiger partial charge in [0.2, 0.25) is 0 Å². The summed E-state index contributed by atoms with van der Waals surface area (Å²) in [6.45, 7) is 5.01. The predicted molar refractivity (Wildman–Crippen MR) is 179 cm³/mol. The number of phenolic OH excluding ortho intramolecular Hbond substituents is 2. The minimum Gasteiger partial charge on any atom is -0.546 e. The number of carbonyl (C=O) groups excluding carboxylic acids is 4. The Hall–Kier alpha value is -4.35. The molecule has 0 unspecified atom stereocenters. The van der Waals surface area contributed by atoms with Crippen molar-refractivity contribution in [2.75, 3.05) is 44.2 Å². The fourth-order valence-electron chi connectivity index (χ4n) is 6.16. The van der Waals surface area contributed by atoms with Crippen molar-refractivity contribution in [2.24, 2.45) is 5.16 Å². The van der Waals surface area contributed by atoms with Gasteiger partial charge in [0, 0.05) is 35.6 Å². The average Bonchev–Trinajstić information content (AvgIpc) is 3.89. The molecule has 23 heteroatoms. The predicted octanol–water partition coefficient (Wildman–Crippen LogP) is -4.48. The largest absolute Gasteiger partial charge is 1.00 e. The number of carboxylic acids is 1. The van der Waals surface area contributed by atoms with E-state index in [0.717, 1.165) is 48.9 Å². The number of aliphatic carboxylic acids is 1. The quantitative estimate of drug-likeness (QED) is 0.0273. The molecule has 2 saturated heterocycles. The van der Waals surface area contributed by atoms with Crippen LogP contribution in [0.4, 0.5) is 9.52 Å². The molecule has 0 spiro atoms. The number of benzene rings is 1. The molecule has 6 N–H and O–H groups in total. The number of hydrogen-bond donors (Lipinski definition) is 5. The van der Waals surface area contributed by atoms with Crippen molar-refractivity contribution in [2.45, 2.75) is 43.7 Å². The number of thiazole rings is 1. The Labute approximate surface area is 331 Å². The topological polar surface area (TPSA) is 272 Å². The first-order valence-corrected chi connectivity index (χ1v) is 17.8. The number of carboxylic acid groups (broad SMARTS) is 1. The zero-order valence-electron chi connectivity index (χ0n) is 28.7. The second-order valence-corrected chi connectivity index (χ2v) is 14.9. The minimum atomic E-state index is -1.89. The number of amides is 3. The summed E-state index contributed by atoms with van der Waals surface area (Å²) in [6, 6.07) is 0.510. The maximum absolute atomic E-state index is 14.3. The second kappa shape index (κ2) is 15.9. The minimum absolute atomic E-state index is 0. The summed E-state index contributed by atoms with van der Waals surface area (Å²) in [5.74, 6) is -5.37. The molecule has 19 nitrogen and oxygen atoms in total. The maximum Gasteiger partial charge on any atom is 1.00 e. The van der Waals surface area contributed by atoms with Crippen LogP contribution in [0.25, 0.3) is 5.70 Å². The first-order valence-electron chi connectivity index (χ1n) is 15.9. The number of anilines is 1. The number of nitrogens with one attached hydrogen (secondary N) is 2. The number of fused-ring (bicyclic) bond motifs is 1. The molecule has 3 aromatic rings. The molecule has 0 radical (unpaired) electrons. The number of quaternary nitrogens is 1. The number of nitrogen functional groups attached to an aromatic ring is 1. The molecule has 53 heavy (non-hydrogen) atoms. The molecule has 3 amide bonds. The van der Waals surface area contributed by atoms with Crippen molar-refractivity contribution in [3.8, 4) is 11.5 Å². The van der Waals surface area contributed by atoms with Gasteiger partial charge in [0.1, 0.15) is 29.5 Å². The number of nitrogens with two attached hydrogens (primary N) is 1. The van der Waals surface area contributed by atoms with Gasteiger partial charge in [-0.25, -0.2) is 9.37 Å². The van der Waals surface area contributed by atoms with E-state index in [0.29, 0.717) is 35.1 Å². The van der Waals surface area contributed by atoms with E-state index in [2.05, 4.69) is 41.4 Å². The van der Waals surface area contributed by atoms with Crippen LogP contribution in [0.1, 0.15) is 48.6 Å². The van der Waals surface area contributed by atoms with Crippen LogP contribution in [0.3, 0.4) is 0 Å². The zero-order chi connectivity index (χ0) is 37.4. The first-order chi connectivity index (χ1) is 24.7. The van der Waals surface area contributed by atoms with Crippen molar-refractivity contribution < 1.29 is 77.8 Å². The molecule has 0 aliphatic carbocycles. The van der Waals surface area contributed by atoms with Crippen LogP contribution in [-0.2, 0) is 19.2 Å². The number of oxime groups is 1. The molecule has 276 valence electrons. The Morgan fingerprint density at radius 1 is 1.25 bits per heavy atom. The summed E-state index contributed by atoms with van der Waals surface area (Å²) >= 11 is 2.42. The number of hydrogen-bond acceptors (Lipinski definition) is 16. The number of tetrazole rings is 1. The first kappa shape index (κ1) is 39.8. The van der Waals surface area contributed by atoms with Gasteiger partial charge in [-0.2, -0.15) is 5.21 Å². The smallest absolute Gasteiger partial charge is 0.546 e. The summed E-state index contributed by atoms with van der Waals surface area (Å²) in [5, 5.41) is 56.1. The van der Waals surface area contributed by atoms with E-state index in [9.17, 15) is 38.9 Å². The van der Waals surface area contributed by atoms with Gasteiger partial charge in [0.05, 0.1) is 49.2 Å². The van der Waals surface area contributed by atoms with Gasteiger partial charge >= 0.3 is 29.6 Å². The molecular weight excluding hydrogens is 749 g/mol. The standard InChI is InChI=1S/C30H34FN11O8S2.Na/c1-30(2,28(48)49)50-38-20(17-13-52-29(32)34-17)25(46)35-21-26(47)41-22(23-36-39-40-37-23)14(12-51-27(21)41)11-42(6-3-4-7-42)8-5-33-24(45)15-9-18(43)19(44)10-16(15)31;/h9-10,13,21,27H,3-8,11-12H2,1-2H3,(H7-,32,33,34,35,36,37,38,39,40,43,44,45,46,48,49);/q;+1/p-1/t21-,27-;/m1./s1.